The van der Waals surface area contributed by atoms with Gasteiger partial charge in [-0.25, -0.2) is 4.39 Å². The number of nitrogens with zero attached hydrogens (tertiary/aromatic N) is 4. The van der Waals surface area contributed by atoms with E-state index in [1.165, 1.54) is 0 Å². The van der Waals surface area contributed by atoms with Gasteiger partial charge in [0.25, 0.3) is 5.91 Å². The number of hydrogen-bond donors (Lipinski definition) is 0. The number of carbonyl (C=O) groups is 1. The van der Waals surface area contributed by atoms with Gasteiger partial charge in [-0.2, -0.15) is 5.10 Å². The summed E-state index contributed by atoms with van der Waals surface area (Å²) < 4.78 is 17.3. The molecule has 2 aromatic carbocycles. The molecule has 1 fully saturated rings. The molecule has 0 bridgehead atoms. The van der Waals surface area contributed by atoms with Gasteiger partial charge in [0, 0.05) is 36.9 Å². The average Bonchev–Trinajstić information content (AvgIpc) is 3.46. The van der Waals surface area contributed by atoms with Crippen LogP contribution in [0.2, 0.25) is 0 Å². The van der Waals surface area contributed by atoms with Gasteiger partial charge in [0.05, 0.1) is 23.3 Å². The maximum Gasteiger partial charge on any atom is 0.256 e. The normalized spacial score (nSPS) is 15.7. The number of amides is 1. The van der Waals surface area contributed by atoms with E-state index in [-0.39, 0.29) is 18.3 Å². The molecule has 6 heteroatoms. The molecule has 6 rings (SSSR count). The van der Waals surface area contributed by atoms with E-state index in [9.17, 15) is 4.79 Å². The topological polar surface area (TPSA) is 51.0 Å². The van der Waals surface area contributed by atoms with Crippen LogP contribution < -0.4 is 0 Å². The molecule has 0 atom stereocenters. The van der Waals surface area contributed by atoms with Crippen molar-refractivity contribution in [3.63, 3.8) is 0 Å². The zero-order valence-electron chi connectivity index (χ0n) is 17.2. The molecule has 2 aromatic heterocycles. The van der Waals surface area contributed by atoms with Crippen molar-refractivity contribution in [2.24, 2.45) is 7.05 Å². The Morgan fingerprint density at radius 1 is 1.13 bits per heavy atom. The van der Waals surface area contributed by atoms with Gasteiger partial charge in [-0.15, -0.1) is 0 Å². The van der Waals surface area contributed by atoms with Crippen molar-refractivity contribution >= 4 is 16.8 Å². The highest BCUT2D eigenvalue weighted by atomic mass is 19.1. The van der Waals surface area contributed by atoms with Crippen molar-refractivity contribution in [2.45, 2.75) is 31.8 Å². The minimum Gasteiger partial charge on any atom is -0.328 e. The first-order chi connectivity index (χ1) is 15.1. The molecule has 2 aliphatic rings. The lowest BCUT2D eigenvalue weighted by Crippen LogP contribution is -2.24. The van der Waals surface area contributed by atoms with Gasteiger partial charge in [-0.1, -0.05) is 18.2 Å². The number of rotatable bonds is 4. The van der Waals surface area contributed by atoms with Gasteiger partial charge in [0.15, 0.2) is 0 Å². The van der Waals surface area contributed by atoms with E-state index in [0.717, 1.165) is 46.1 Å². The van der Waals surface area contributed by atoms with Gasteiger partial charge < -0.3 is 4.90 Å². The van der Waals surface area contributed by atoms with Crippen LogP contribution in [0.25, 0.3) is 22.0 Å². The minimum atomic E-state index is -0.253. The third kappa shape index (κ3) is 3.02. The van der Waals surface area contributed by atoms with E-state index in [2.05, 4.69) is 16.1 Å². The van der Waals surface area contributed by atoms with E-state index in [4.69, 9.17) is 0 Å². The average molecular weight is 412 g/mol. The summed E-state index contributed by atoms with van der Waals surface area (Å²) in [7, 11) is 1.89. The molecule has 1 saturated carbocycles. The maximum atomic E-state index is 15.5. The first kappa shape index (κ1) is 18.2. The summed E-state index contributed by atoms with van der Waals surface area (Å²) >= 11 is 0. The highest BCUT2D eigenvalue weighted by molar-refractivity contribution is 5.98. The third-order valence-electron chi connectivity index (χ3n) is 6.32. The third-order valence-corrected chi connectivity index (χ3v) is 6.32. The predicted octanol–water partition coefficient (Wildman–Crippen LogP) is 4.81. The van der Waals surface area contributed by atoms with Crippen LogP contribution in [0.3, 0.4) is 0 Å². The Morgan fingerprint density at radius 2 is 1.97 bits per heavy atom. The van der Waals surface area contributed by atoms with Gasteiger partial charge in [-0.05, 0) is 59.7 Å². The zero-order valence-corrected chi connectivity index (χ0v) is 17.2. The van der Waals surface area contributed by atoms with E-state index in [1.807, 2.05) is 31.4 Å². The molecule has 0 spiro atoms. The van der Waals surface area contributed by atoms with Crippen LogP contribution in [0.5, 0.6) is 0 Å². The van der Waals surface area contributed by atoms with Crippen LogP contribution >= 0.6 is 0 Å². The molecular formula is C25H21FN4O. The number of fused-ring (bicyclic) bond motifs is 2. The molecular weight excluding hydrogens is 391 g/mol. The fraction of sp³-hybridized carbons (Fsp3) is 0.240. The molecule has 1 amide bonds. The minimum absolute atomic E-state index is 0.0755. The maximum absolute atomic E-state index is 15.5. The highest BCUT2D eigenvalue weighted by Gasteiger charge is 2.33. The van der Waals surface area contributed by atoms with Gasteiger partial charge in [0.2, 0.25) is 0 Å². The molecule has 0 radical (unpaired) electrons. The SMILES string of the molecule is Cn1cc2c(-c3cc(F)c(CN4Cc5ncccc5C4=O)c(C4CC4)c3)cccc2n1. The molecule has 4 aromatic rings. The standard InChI is InChI=1S/C25H21FN4O/c1-29-12-21-17(4-2-6-23(21)28-29)16-10-19(15-7-8-15)20(22(26)11-16)13-30-14-24-18(25(30)31)5-3-9-27-24/h2-6,9-12,15H,7-8,13-14H2,1H3. The number of carbonyl (C=O) groups excluding carboxylic acids is 1. The molecule has 0 N–H and O–H groups in total. The lowest BCUT2D eigenvalue weighted by atomic mass is 9.94. The zero-order chi connectivity index (χ0) is 21.1. The van der Waals surface area contributed by atoms with Crippen molar-refractivity contribution in [3.05, 3.63) is 83.1 Å². The first-order valence-corrected chi connectivity index (χ1v) is 10.6. The molecule has 1 aliphatic carbocycles. The number of pyridine rings is 1. The molecule has 31 heavy (non-hydrogen) atoms. The highest BCUT2D eigenvalue weighted by Crippen LogP contribution is 2.45. The van der Waals surface area contributed by atoms with Crippen molar-refractivity contribution < 1.29 is 9.18 Å². The summed E-state index contributed by atoms with van der Waals surface area (Å²) in [4.78, 5) is 18.8. The Balaban J connectivity index is 1.41. The fourth-order valence-electron chi connectivity index (χ4n) is 4.65. The lowest BCUT2D eigenvalue weighted by molar-refractivity contribution is 0.0764. The Hall–Kier alpha value is -3.54. The number of benzene rings is 2. The smallest absolute Gasteiger partial charge is 0.256 e. The summed E-state index contributed by atoms with van der Waals surface area (Å²) in [6, 6.07) is 13.2. The van der Waals surface area contributed by atoms with Crippen molar-refractivity contribution in [1.29, 1.82) is 0 Å². The Labute approximate surface area is 179 Å². The summed E-state index contributed by atoms with van der Waals surface area (Å²) in [5.74, 6) is 0.0289. The Morgan fingerprint density at radius 3 is 2.77 bits per heavy atom. The van der Waals surface area contributed by atoms with E-state index >= 15 is 4.39 Å². The van der Waals surface area contributed by atoms with Crippen LogP contribution in [0.1, 0.15) is 45.9 Å². The number of halogens is 1. The summed E-state index contributed by atoms with van der Waals surface area (Å²) in [5, 5.41) is 5.49. The largest absolute Gasteiger partial charge is 0.328 e. The second-order valence-corrected chi connectivity index (χ2v) is 8.50. The summed E-state index contributed by atoms with van der Waals surface area (Å²) in [6.07, 6.45) is 5.78. The van der Waals surface area contributed by atoms with E-state index < -0.39 is 0 Å². The van der Waals surface area contributed by atoms with E-state index in [0.29, 0.717) is 23.6 Å². The van der Waals surface area contributed by atoms with Crippen LogP contribution in [-0.4, -0.2) is 25.6 Å². The predicted molar refractivity (Wildman–Crippen MR) is 116 cm³/mol. The Bertz CT molecular complexity index is 1360. The number of aryl methyl sites for hydroxylation is 1. The molecule has 1 aliphatic heterocycles. The van der Waals surface area contributed by atoms with Crippen LogP contribution in [-0.2, 0) is 20.1 Å². The van der Waals surface area contributed by atoms with E-state index in [1.54, 1.807) is 34.0 Å². The van der Waals surface area contributed by atoms with Gasteiger partial charge >= 0.3 is 0 Å². The van der Waals surface area contributed by atoms with Crippen LogP contribution in [0.15, 0.2) is 54.9 Å². The quantitative estimate of drug-likeness (QED) is 0.483. The molecule has 5 nitrogen and oxygen atoms in total. The van der Waals surface area contributed by atoms with Crippen LogP contribution in [0.4, 0.5) is 4.39 Å². The van der Waals surface area contributed by atoms with Crippen LogP contribution in [0, 0.1) is 5.82 Å². The monoisotopic (exact) mass is 412 g/mol. The molecule has 3 heterocycles. The Kier molecular flexibility index (Phi) is 3.96. The molecule has 0 saturated heterocycles. The fourth-order valence-corrected chi connectivity index (χ4v) is 4.65. The van der Waals surface area contributed by atoms with Crippen molar-refractivity contribution in [1.82, 2.24) is 19.7 Å². The second kappa shape index (κ2) is 6.74. The molecule has 0 unspecified atom stereocenters. The lowest BCUT2D eigenvalue weighted by Gasteiger charge is -2.20. The molecule has 154 valence electrons. The van der Waals surface area contributed by atoms with Crippen molar-refractivity contribution in [2.75, 3.05) is 0 Å². The van der Waals surface area contributed by atoms with Crippen molar-refractivity contribution in [3.8, 4) is 11.1 Å². The summed E-state index contributed by atoms with van der Waals surface area (Å²) in [6.45, 7) is 0.694. The second-order valence-electron chi connectivity index (χ2n) is 8.50. The number of hydrogen-bond acceptors (Lipinski definition) is 3. The number of aromatic nitrogens is 3. The summed E-state index contributed by atoms with van der Waals surface area (Å²) in [5.41, 5.74) is 5.77. The first-order valence-electron chi connectivity index (χ1n) is 10.6. The van der Waals surface area contributed by atoms with Gasteiger partial charge in [-0.3, -0.25) is 14.5 Å². The van der Waals surface area contributed by atoms with Gasteiger partial charge in [0.1, 0.15) is 5.82 Å².